The zero-order valence-corrected chi connectivity index (χ0v) is 18.6. The van der Waals surface area contributed by atoms with Gasteiger partial charge in [0.15, 0.2) is 28.6 Å². The molecule has 0 saturated carbocycles. The van der Waals surface area contributed by atoms with Crippen molar-refractivity contribution in [1.82, 2.24) is 19.7 Å². The van der Waals surface area contributed by atoms with Crippen LogP contribution >= 0.6 is 11.8 Å². The van der Waals surface area contributed by atoms with Gasteiger partial charge in [-0.05, 0) is 38.8 Å². The summed E-state index contributed by atoms with van der Waals surface area (Å²) in [5, 5.41) is 9.28. The number of hydrogen-bond donors (Lipinski definition) is 0. The van der Waals surface area contributed by atoms with Gasteiger partial charge in [0.05, 0.1) is 5.75 Å². The predicted molar refractivity (Wildman–Crippen MR) is 113 cm³/mol. The molecular weight excluding hydrogens is 388 g/mol. The minimum absolute atomic E-state index is 0.134. The van der Waals surface area contributed by atoms with Gasteiger partial charge in [0.1, 0.15) is 6.61 Å². The number of hydrogen-bond acceptors (Lipinski definition) is 6. The van der Waals surface area contributed by atoms with Crippen molar-refractivity contribution in [2.45, 2.75) is 63.9 Å². The summed E-state index contributed by atoms with van der Waals surface area (Å²) >= 11 is 1.41. The number of rotatable bonds is 8. The Morgan fingerprint density at radius 1 is 1.21 bits per heavy atom. The maximum Gasteiger partial charge on any atom is 0.233 e. The molecule has 1 aromatic heterocycles. The van der Waals surface area contributed by atoms with Crippen molar-refractivity contribution in [3.05, 3.63) is 30.1 Å². The molecule has 1 aliphatic heterocycles. The molecule has 1 aliphatic rings. The normalized spacial score (nSPS) is 17.6. The van der Waals surface area contributed by atoms with Crippen LogP contribution < -0.4 is 9.47 Å². The average molecular weight is 419 g/mol. The van der Waals surface area contributed by atoms with Crippen LogP contribution in [0.4, 0.5) is 0 Å². The molecule has 0 fully saturated rings. The highest BCUT2D eigenvalue weighted by Crippen LogP contribution is 2.35. The molecule has 7 nitrogen and oxygen atoms in total. The van der Waals surface area contributed by atoms with Crippen molar-refractivity contribution in [1.29, 1.82) is 0 Å². The second kappa shape index (κ2) is 9.52. The highest BCUT2D eigenvalue weighted by Gasteiger charge is 2.28. The molecule has 0 unspecified atom stereocenters. The van der Waals surface area contributed by atoms with E-state index in [1.165, 1.54) is 11.8 Å². The van der Waals surface area contributed by atoms with Gasteiger partial charge in [-0.25, -0.2) is 0 Å². The molecule has 0 bridgehead atoms. The summed E-state index contributed by atoms with van der Waals surface area (Å²) in [6.07, 6.45) is 1.55. The monoisotopic (exact) mass is 418 g/mol. The Hall–Kier alpha value is -2.22. The van der Waals surface area contributed by atoms with E-state index in [1.807, 2.05) is 40.8 Å². The zero-order valence-electron chi connectivity index (χ0n) is 17.8. The van der Waals surface area contributed by atoms with Gasteiger partial charge >= 0.3 is 0 Å². The summed E-state index contributed by atoms with van der Waals surface area (Å²) in [5.74, 6) is 2.60. The average Bonchev–Trinajstić information content (AvgIpc) is 3.11. The molecule has 2 aromatic rings. The lowest BCUT2D eigenvalue weighted by molar-refractivity contribution is -0.132. The van der Waals surface area contributed by atoms with Crippen molar-refractivity contribution in [2.24, 2.45) is 7.05 Å². The van der Waals surface area contributed by atoms with E-state index in [4.69, 9.17) is 9.47 Å². The fraction of sp³-hybridized carbons (Fsp3) is 0.571. The first-order chi connectivity index (χ1) is 14.0. The highest BCUT2D eigenvalue weighted by atomic mass is 32.2. The number of ether oxygens (including phenoxy) is 2. The second-order valence-corrected chi connectivity index (χ2v) is 8.31. The van der Waals surface area contributed by atoms with E-state index in [0.717, 1.165) is 18.6 Å². The fourth-order valence-corrected chi connectivity index (χ4v) is 4.19. The first kappa shape index (κ1) is 21.5. The molecule has 29 heavy (non-hydrogen) atoms. The standard InChI is InChI=1S/C21H30N4O3S/c1-6-14(3)25(15(4)7-2)19(26)13-29-21-23-22-20(24(21)5)18-12-27-16-10-8-9-11-17(16)28-18/h8-11,14-15,18H,6-7,12-13H2,1-5H3/t14-,15-,18+/m0/s1. The van der Waals surface area contributed by atoms with E-state index in [2.05, 4.69) is 37.9 Å². The summed E-state index contributed by atoms with van der Waals surface area (Å²) in [5.41, 5.74) is 0. The number of aromatic nitrogens is 3. The van der Waals surface area contributed by atoms with Gasteiger partial charge < -0.3 is 18.9 Å². The van der Waals surface area contributed by atoms with Crippen molar-refractivity contribution in [2.75, 3.05) is 12.4 Å². The zero-order chi connectivity index (χ0) is 21.0. The summed E-state index contributed by atoms with van der Waals surface area (Å²) in [6, 6.07) is 8.04. The number of benzene rings is 1. The van der Waals surface area contributed by atoms with Crippen LogP contribution in [-0.4, -0.2) is 50.0 Å². The topological polar surface area (TPSA) is 69.5 Å². The van der Waals surface area contributed by atoms with Crippen LogP contribution in [0.1, 0.15) is 52.5 Å². The third-order valence-electron chi connectivity index (χ3n) is 5.41. The minimum Gasteiger partial charge on any atom is -0.485 e. The van der Waals surface area contributed by atoms with Gasteiger partial charge in [-0.3, -0.25) is 4.79 Å². The minimum atomic E-state index is -0.329. The Labute approximate surface area is 176 Å². The summed E-state index contributed by atoms with van der Waals surface area (Å²) < 4.78 is 13.7. The van der Waals surface area contributed by atoms with E-state index in [9.17, 15) is 4.79 Å². The van der Waals surface area contributed by atoms with Gasteiger partial charge in [0, 0.05) is 19.1 Å². The molecule has 0 saturated heterocycles. The molecule has 1 aromatic carbocycles. The molecule has 2 heterocycles. The maximum absolute atomic E-state index is 12.9. The Bertz CT molecular complexity index is 831. The number of nitrogens with zero attached hydrogens (tertiary/aromatic N) is 4. The largest absolute Gasteiger partial charge is 0.485 e. The molecular formula is C21H30N4O3S. The third-order valence-corrected chi connectivity index (χ3v) is 6.41. The lowest BCUT2D eigenvalue weighted by atomic mass is 10.1. The van der Waals surface area contributed by atoms with Crippen molar-refractivity contribution in [3.63, 3.8) is 0 Å². The Morgan fingerprint density at radius 2 is 1.86 bits per heavy atom. The summed E-state index contributed by atoms with van der Waals surface area (Å²) in [4.78, 5) is 14.9. The van der Waals surface area contributed by atoms with Crippen LogP contribution in [0.2, 0.25) is 0 Å². The molecule has 3 atom stereocenters. The van der Waals surface area contributed by atoms with Crippen LogP contribution in [0.25, 0.3) is 0 Å². The number of carbonyl (C=O) groups is 1. The van der Waals surface area contributed by atoms with Gasteiger partial charge in [-0.1, -0.05) is 37.7 Å². The van der Waals surface area contributed by atoms with Crippen LogP contribution in [0.5, 0.6) is 11.5 Å². The first-order valence-corrected chi connectivity index (χ1v) is 11.2. The van der Waals surface area contributed by atoms with Crippen LogP contribution in [0, 0.1) is 0 Å². The predicted octanol–water partition coefficient (Wildman–Crippen LogP) is 3.85. The maximum atomic E-state index is 12.9. The lowest BCUT2D eigenvalue weighted by Crippen LogP contribution is -2.45. The summed E-state index contributed by atoms with van der Waals surface area (Å²) in [7, 11) is 1.90. The second-order valence-electron chi connectivity index (χ2n) is 7.37. The van der Waals surface area contributed by atoms with Crippen LogP contribution in [0.15, 0.2) is 29.4 Å². The van der Waals surface area contributed by atoms with Crippen molar-refractivity contribution in [3.8, 4) is 11.5 Å². The molecule has 3 rings (SSSR count). The number of para-hydroxylation sites is 2. The van der Waals surface area contributed by atoms with Gasteiger partial charge in [0.2, 0.25) is 5.91 Å². The molecule has 158 valence electrons. The van der Waals surface area contributed by atoms with Gasteiger partial charge in [-0.15, -0.1) is 10.2 Å². The first-order valence-electron chi connectivity index (χ1n) is 10.2. The lowest BCUT2D eigenvalue weighted by Gasteiger charge is -2.34. The number of carbonyl (C=O) groups excluding carboxylic acids is 1. The molecule has 0 N–H and O–H groups in total. The van der Waals surface area contributed by atoms with Crippen molar-refractivity contribution >= 4 is 17.7 Å². The molecule has 0 radical (unpaired) electrons. The SMILES string of the molecule is CC[C@H](C)N(C(=O)CSc1nnc([C@H]2COc3ccccc3O2)n1C)[C@@H](C)CC. The van der Waals surface area contributed by atoms with Gasteiger partial charge in [0.25, 0.3) is 0 Å². The van der Waals surface area contributed by atoms with E-state index in [0.29, 0.717) is 29.1 Å². The van der Waals surface area contributed by atoms with E-state index in [-0.39, 0.29) is 24.1 Å². The third kappa shape index (κ3) is 4.69. The van der Waals surface area contributed by atoms with E-state index >= 15 is 0 Å². The van der Waals surface area contributed by atoms with Crippen molar-refractivity contribution < 1.29 is 14.3 Å². The summed E-state index contributed by atoms with van der Waals surface area (Å²) in [6.45, 7) is 8.81. The number of amides is 1. The van der Waals surface area contributed by atoms with E-state index < -0.39 is 0 Å². The molecule has 0 spiro atoms. The number of thioether (sulfide) groups is 1. The van der Waals surface area contributed by atoms with E-state index in [1.54, 1.807) is 0 Å². The highest BCUT2D eigenvalue weighted by molar-refractivity contribution is 7.99. The van der Waals surface area contributed by atoms with Crippen LogP contribution in [-0.2, 0) is 11.8 Å². The molecule has 0 aliphatic carbocycles. The quantitative estimate of drug-likeness (QED) is 0.607. The van der Waals surface area contributed by atoms with Gasteiger partial charge in [-0.2, -0.15) is 0 Å². The molecule has 1 amide bonds. The van der Waals surface area contributed by atoms with Crippen LogP contribution in [0.3, 0.4) is 0 Å². The smallest absolute Gasteiger partial charge is 0.233 e. The Balaban J connectivity index is 1.66. The number of fused-ring (bicyclic) bond motifs is 1. The fourth-order valence-electron chi connectivity index (χ4n) is 3.40. The Morgan fingerprint density at radius 3 is 2.52 bits per heavy atom. The Kier molecular flexibility index (Phi) is 7.05. The molecule has 8 heteroatoms.